The molecule has 1 saturated heterocycles. The van der Waals surface area contributed by atoms with Gasteiger partial charge in [-0.05, 0) is 66.2 Å². The molecule has 6 heteroatoms. The Hall–Kier alpha value is -3.64. The number of thiocarbonyl (C=S) groups is 1. The molecule has 1 amide bonds. The molecule has 162 valence electrons. The Labute approximate surface area is 193 Å². The fourth-order valence-corrected chi connectivity index (χ4v) is 3.92. The molecule has 0 saturated carbocycles. The maximum Gasteiger partial charge on any atom is 0.281 e. The molecule has 0 unspecified atom stereocenters. The normalized spacial score (nSPS) is 14.6. The zero-order valence-corrected chi connectivity index (χ0v) is 18.8. The molecule has 1 heterocycles. The van der Waals surface area contributed by atoms with Crippen LogP contribution in [0.1, 0.15) is 23.6 Å². The topological polar surface area (TPSA) is 50.8 Å². The fraction of sp³-hybridized carbons (Fsp3) is 0.154. The molecule has 4 rings (SSSR count). The standard InChI is InChI=1S/C26H24N2O3S/c1-3-19-9-7-8-12-23(19)28-25(29)22(27-26(28)32)16-18-13-14-24(30-2)20(15-18)17-31-21-10-5-4-6-11-21/h4-16H,3,17H2,1-2H3,(H,27,32)/b22-16+. The maximum absolute atomic E-state index is 13.2. The largest absolute Gasteiger partial charge is 0.496 e. The lowest BCUT2D eigenvalue weighted by molar-refractivity contribution is -0.113. The molecule has 0 atom stereocenters. The van der Waals surface area contributed by atoms with Gasteiger partial charge in [0, 0.05) is 5.56 Å². The van der Waals surface area contributed by atoms with Crippen LogP contribution in [-0.4, -0.2) is 18.1 Å². The van der Waals surface area contributed by atoms with Gasteiger partial charge in [-0.15, -0.1) is 0 Å². The van der Waals surface area contributed by atoms with Gasteiger partial charge in [0.2, 0.25) is 0 Å². The monoisotopic (exact) mass is 444 g/mol. The second kappa shape index (κ2) is 9.66. The number of nitrogens with zero attached hydrogens (tertiary/aromatic N) is 1. The molecule has 3 aromatic carbocycles. The van der Waals surface area contributed by atoms with Crippen molar-refractivity contribution < 1.29 is 14.3 Å². The first-order valence-corrected chi connectivity index (χ1v) is 10.8. The summed E-state index contributed by atoms with van der Waals surface area (Å²) in [7, 11) is 1.63. The Balaban J connectivity index is 1.59. The van der Waals surface area contributed by atoms with Crippen molar-refractivity contribution in [2.75, 3.05) is 12.0 Å². The average molecular weight is 445 g/mol. The first-order chi connectivity index (χ1) is 15.6. The maximum atomic E-state index is 13.2. The second-order valence-electron chi connectivity index (χ2n) is 7.28. The number of methoxy groups -OCH3 is 1. The van der Waals surface area contributed by atoms with Crippen LogP contribution in [0.4, 0.5) is 5.69 Å². The van der Waals surface area contributed by atoms with Gasteiger partial charge in [-0.2, -0.15) is 0 Å². The number of carbonyl (C=O) groups is 1. The van der Waals surface area contributed by atoms with Gasteiger partial charge in [0.1, 0.15) is 23.8 Å². The number of hydrogen-bond acceptors (Lipinski definition) is 4. The molecular weight excluding hydrogens is 420 g/mol. The summed E-state index contributed by atoms with van der Waals surface area (Å²) < 4.78 is 11.4. The number of carbonyl (C=O) groups excluding carboxylic acids is 1. The highest BCUT2D eigenvalue weighted by Crippen LogP contribution is 2.28. The number of amides is 1. The lowest BCUT2D eigenvalue weighted by atomic mass is 10.1. The number of rotatable bonds is 7. The molecule has 5 nitrogen and oxygen atoms in total. The molecule has 0 aliphatic carbocycles. The Morgan fingerprint density at radius 1 is 1.00 bits per heavy atom. The van der Waals surface area contributed by atoms with Gasteiger partial charge in [0.25, 0.3) is 5.91 Å². The third-order valence-corrected chi connectivity index (χ3v) is 5.53. The number of nitrogens with one attached hydrogen (secondary N) is 1. The van der Waals surface area contributed by atoms with Crippen LogP contribution in [-0.2, 0) is 17.8 Å². The molecule has 0 spiro atoms. The zero-order valence-electron chi connectivity index (χ0n) is 18.0. The van der Waals surface area contributed by atoms with Gasteiger partial charge in [-0.25, -0.2) is 0 Å². The SMILES string of the molecule is CCc1ccccc1N1C(=O)/C(=C\c2ccc(OC)c(COc3ccccc3)c2)NC1=S. The number of ether oxygens (including phenoxy) is 2. The summed E-state index contributed by atoms with van der Waals surface area (Å²) in [6.45, 7) is 2.41. The van der Waals surface area contributed by atoms with Crippen molar-refractivity contribution in [1.82, 2.24) is 5.32 Å². The molecule has 3 aromatic rings. The van der Waals surface area contributed by atoms with E-state index in [4.69, 9.17) is 21.7 Å². The third kappa shape index (κ3) is 4.50. The highest BCUT2D eigenvalue weighted by atomic mass is 32.1. The van der Waals surface area contributed by atoms with Crippen molar-refractivity contribution in [3.8, 4) is 11.5 Å². The van der Waals surface area contributed by atoms with Crippen LogP contribution in [0.2, 0.25) is 0 Å². The molecule has 1 fully saturated rings. The van der Waals surface area contributed by atoms with E-state index in [1.807, 2.05) is 72.8 Å². The first-order valence-electron chi connectivity index (χ1n) is 10.4. The minimum absolute atomic E-state index is 0.172. The summed E-state index contributed by atoms with van der Waals surface area (Å²) in [6, 6.07) is 23.1. The summed E-state index contributed by atoms with van der Waals surface area (Å²) in [6.07, 6.45) is 2.61. The number of hydrogen-bond donors (Lipinski definition) is 1. The van der Waals surface area contributed by atoms with Gasteiger partial charge in [0.15, 0.2) is 5.11 Å². The smallest absolute Gasteiger partial charge is 0.281 e. The van der Waals surface area contributed by atoms with E-state index in [-0.39, 0.29) is 5.91 Å². The summed E-state index contributed by atoms with van der Waals surface area (Å²) in [5.74, 6) is 1.33. The van der Waals surface area contributed by atoms with Crippen molar-refractivity contribution >= 4 is 35.0 Å². The highest BCUT2D eigenvalue weighted by molar-refractivity contribution is 7.80. The molecule has 0 aromatic heterocycles. The van der Waals surface area contributed by atoms with Crippen LogP contribution >= 0.6 is 12.2 Å². The lowest BCUT2D eigenvalue weighted by Gasteiger charge is -2.17. The predicted molar refractivity (Wildman–Crippen MR) is 131 cm³/mol. The van der Waals surface area contributed by atoms with Gasteiger partial charge < -0.3 is 14.8 Å². The fourth-order valence-electron chi connectivity index (χ4n) is 3.63. The van der Waals surface area contributed by atoms with Crippen molar-refractivity contribution in [2.45, 2.75) is 20.0 Å². The molecule has 1 aliphatic heterocycles. The summed E-state index contributed by atoms with van der Waals surface area (Å²) in [4.78, 5) is 14.7. The van der Waals surface area contributed by atoms with Crippen molar-refractivity contribution in [3.63, 3.8) is 0 Å². The average Bonchev–Trinajstić information content (AvgIpc) is 3.10. The van der Waals surface area contributed by atoms with Crippen LogP contribution in [0.5, 0.6) is 11.5 Å². The van der Waals surface area contributed by atoms with E-state index in [1.165, 1.54) is 0 Å². The van der Waals surface area contributed by atoms with Gasteiger partial charge in [0.05, 0.1) is 12.8 Å². The summed E-state index contributed by atoms with van der Waals surface area (Å²) >= 11 is 5.47. The number of benzene rings is 3. The quantitative estimate of drug-likeness (QED) is 0.406. The predicted octanol–water partition coefficient (Wildman–Crippen LogP) is 5.10. The Morgan fingerprint density at radius 3 is 2.50 bits per heavy atom. The first kappa shape index (κ1) is 21.6. The molecule has 0 radical (unpaired) electrons. The van der Waals surface area contributed by atoms with E-state index in [2.05, 4.69) is 12.2 Å². The summed E-state index contributed by atoms with van der Waals surface area (Å²) in [5.41, 5.74) is 4.04. The minimum Gasteiger partial charge on any atom is -0.496 e. The molecule has 1 aliphatic rings. The van der Waals surface area contributed by atoms with E-state index in [0.717, 1.165) is 40.3 Å². The Morgan fingerprint density at radius 2 is 1.75 bits per heavy atom. The van der Waals surface area contributed by atoms with Crippen LogP contribution in [0.15, 0.2) is 78.5 Å². The van der Waals surface area contributed by atoms with E-state index >= 15 is 0 Å². The van der Waals surface area contributed by atoms with E-state index in [0.29, 0.717) is 17.4 Å². The molecule has 0 bridgehead atoms. The molecular formula is C26H24N2O3S. The van der Waals surface area contributed by atoms with Crippen LogP contribution < -0.4 is 19.7 Å². The van der Waals surface area contributed by atoms with Crippen molar-refractivity contribution in [2.24, 2.45) is 0 Å². The minimum atomic E-state index is -0.172. The zero-order chi connectivity index (χ0) is 22.5. The lowest BCUT2D eigenvalue weighted by Crippen LogP contribution is -2.31. The van der Waals surface area contributed by atoms with Gasteiger partial charge >= 0.3 is 0 Å². The van der Waals surface area contributed by atoms with Crippen LogP contribution in [0.3, 0.4) is 0 Å². The third-order valence-electron chi connectivity index (χ3n) is 5.24. The number of anilines is 1. The number of para-hydroxylation sites is 2. The second-order valence-corrected chi connectivity index (χ2v) is 7.67. The van der Waals surface area contributed by atoms with E-state index < -0.39 is 0 Å². The van der Waals surface area contributed by atoms with Crippen LogP contribution in [0.25, 0.3) is 6.08 Å². The van der Waals surface area contributed by atoms with Crippen LogP contribution in [0, 0.1) is 0 Å². The van der Waals surface area contributed by atoms with Crippen molar-refractivity contribution in [3.05, 3.63) is 95.2 Å². The van der Waals surface area contributed by atoms with E-state index in [1.54, 1.807) is 18.1 Å². The Kier molecular flexibility index (Phi) is 6.52. The molecule has 32 heavy (non-hydrogen) atoms. The molecule has 1 N–H and O–H groups in total. The summed E-state index contributed by atoms with van der Waals surface area (Å²) in [5, 5.41) is 3.44. The van der Waals surface area contributed by atoms with Crippen molar-refractivity contribution in [1.29, 1.82) is 0 Å². The van der Waals surface area contributed by atoms with Gasteiger partial charge in [-0.3, -0.25) is 9.69 Å². The number of aryl methyl sites for hydroxylation is 1. The van der Waals surface area contributed by atoms with Gasteiger partial charge in [-0.1, -0.05) is 49.4 Å². The highest BCUT2D eigenvalue weighted by Gasteiger charge is 2.32. The van der Waals surface area contributed by atoms with E-state index in [9.17, 15) is 4.79 Å². The Bertz CT molecular complexity index is 1170.